The fourth-order valence-corrected chi connectivity index (χ4v) is 1.72. The van der Waals surface area contributed by atoms with Crippen LogP contribution in [0.3, 0.4) is 0 Å². The Balaban J connectivity index is 2.68. The standard InChI is InChI=1S/C13H17ClN2O4/c1-8(12(17)18)7-16(2)13(19)15-9-4-5-10(14)11(6-9)20-3/h4-6,8H,7H2,1-3H3,(H,15,19)(H,17,18). The van der Waals surface area contributed by atoms with E-state index in [0.717, 1.165) is 0 Å². The van der Waals surface area contributed by atoms with Gasteiger partial charge in [0.15, 0.2) is 0 Å². The third-order valence-electron chi connectivity index (χ3n) is 2.72. The van der Waals surface area contributed by atoms with Crippen molar-refractivity contribution in [3.05, 3.63) is 23.2 Å². The number of rotatable bonds is 5. The first-order valence-corrected chi connectivity index (χ1v) is 6.31. The van der Waals surface area contributed by atoms with E-state index in [-0.39, 0.29) is 6.54 Å². The van der Waals surface area contributed by atoms with E-state index in [9.17, 15) is 9.59 Å². The van der Waals surface area contributed by atoms with E-state index in [4.69, 9.17) is 21.4 Å². The Labute approximate surface area is 122 Å². The van der Waals surface area contributed by atoms with Gasteiger partial charge in [-0.05, 0) is 12.1 Å². The lowest BCUT2D eigenvalue weighted by Gasteiger charge is -2.20. The molecule has 20 heavy (non-hydrogen) atoms. The third-order valence-corrected chi connectivity index (χ3v) is 3.03. The van der Waals surface area contributed by atoms with Crippen molar-refractivity contribution < 1.29 is 19.4 Å². The zero-order valence-electron chi connectivity index (χ0n) is 11.5. The average molecular weight is 301 g/mol. The van der Waals surface area contributed by atoms with Gasteiger partial charge in [0, 0.05) is 25.3 Å². The molecule has 110 valence electrons. The van der Waals surface area contributed by atoms with Crippen LogP contribution in [0, 0.1) is 5.92 Å². The average Bonchev–Trinajstić information content (AvgIpc) is 2.40. The number of aliphatic carboxylic acids is 1. The summed E-state index contributed by atoms with van der Waals surface area (Å²) in [7, 11) is 3.01. The van der Waals surface area contributed by atoms with E-state index < -0.39 is 17.9 Å². The molecule has 1 aromatic carbocycles. The number of nitrogens with one attached hydrogen (secondary N) is 1. The summed E-state index contributed by atoms with van der Waals surface area (Å²) in [6, 6.07) is 4.43. The summed E-state index contributed by atoms with van der Waals surface area (Å²) in [6.07, 6.45) is 0. The van der Waals surface area contributed by atoms with Crippen LogP contribution in [0.25, 0.3) is 0 Å². The monoisotopic (exact) mass is 300 g/mol. The predicted molar refractivity (Wildman–Crippen MR) is 76.5 cm³/mol. The van der Waals surface area contributed by atoms with Gasteiger partial charge in [-0.2, -0.15) is 0 Å². The van der Waals surface area contributed by atoms with Gasteiger partial charge in [-0.15, -0.1) is 0 Å². The number of benzene rings is 1. The van der Waals surface area contributed by atoms with Crippen molar-refractivity contribution in [2.45, 2.75) is 6.92 Å². The van der Waals surface area contributed by atoms with Crippen LogP contribution >= 0.6 is 11.6 Å². The third kappa shape index (κ3) is 4.31. The van der Waals surface area contributed by atoms with Gasteiger partial charge in [0.25, 0.3) is 0 Å². The number of ether oxygens (including phenoxy) is 1. The number of carbonyl (C=O) groups excluding carboxylic acids is 1. The van der Waals surface area contributed by atoms with Crippen LogP contribution in [0.2, 0.25) is 5.02 Å². The van der Waals surface area contributed by atoms with Crippen molar-refractivity contribution in [3.8, 4) is 5.75 Å². The van der Waals surface area contributed by atoms with Gasteiger partial charge in [-0.3, -0.25) is 4.79 Å². The quantitative estimate of drug-likeness (QED) is 0.876. The zero-order valence-corrected chi connectivity index (χ0v) is 12.3. The number of halogens is 1. The fraction of sp³-hybridized carbons (Fsp3) is 0.385. The summed E-state index contributed by atoms with van der Waals surface area (Å²) in [5.41, 5.74) is 0.520. The first kappa shape index (κ1) is 16.1. The Kier molecular flexibility index (Phi) is 5.64. The minimum atomic E-state index is -0.946. The number of anilines is 1. The molecule has 0 aliphatic heterocycles. The van der Waals surface area contributed by atoms with Crippen LogP contribution in [0.15, 0.2) is 18.2 Å². The summed E-state index contributed by atoms with van der Waals surface area (Å²) in [5, 5.41) is 11.9. The normalized spacial score (nSPS) is 11.6. The van der Waals surface area contributed by atoms with Crippen molar-refractivity contribution >= 4 is 29.3 Å². The highest BCUT2D eigenvalue weighted by atomic mass is 35.5. The Hall–Kier alpha value is -1.95. The number of carboxylic acids is 1. The van der Waals surface area contributed by atoms with Crippen LogP contribution in [-0.2, 0) is 4.79 Å². The molecule has 1 aromatic rings. The fourth-order valence-electron chi connectivity index (χ4n) is 1.53. The molecule has 0 aliphatic rings. The molecule has 0 bridgehead atoms. The highest BCUT2D eigenvalue weighted by Gasteiger charge is 2.17. The van der Waals surface area contributed by atoms with Crippen molar-refractivity contribution in [2.75, 3.05) is 26.0 Å². The second-order valence-electron chi connectivity index (χ2n) is 4.40. The smallest absolute Gasteiger partial charge is 0.321 e. The number of amides is 2. The molecule has 0 fully saturated rings. The molecule has 0 heterocycles. The van der Waals surface area contributed by atoms with Gasteiger partial charge in [0.1, 0.15) is 5.75 Å². The summed E-state index contributed by atoms with van der Waals surface area (Å²) >= 11 is 5.89. The van der Waals surface area contributed by atoms with Gasteiger partial charge in [0.2, 0.25) is 0 Å². The largest absolute Gasteiger partial charge is 0.495 e. The molecule has 0 saturated carbocycles. The molecule has 0 aliphatic carbocycles. The Morgan fingerprint density at radius 3 is 2.70 bits per heavy atom. The lowest BCUT2D eigenvalue weighted by molar-refractivity contribution is -0.141. The second kappa shape index (κ2) is 7.00. The maximum atomic E-state index is 11.9. The van der Waals surface area contributed by atoms with Crippen LogP contribution < -0.4 is 10.1 Å². The summed E-state index contributed by atoms with van der Waals surface area (Å²) in [6.45, 7) is 1.66. The molecular weight excluding hydrogens is 284 g/mol. The number of hydrogen-bond acceptors (Lipinski definition) is 3. The molecule has 2 N–H and O–H groups in total. The highest BCUT2D eigenvalue weighted by molar-refractivity contribution is 6.32. The molecular formula is C13H17ClN2O4. The first-order chi connectivity index (χ1) is 9.35. The number of carbonyl (C=O) groups is 2. The Morgan fingerprint density at radius 1 is 1.50 bits per heavy atom. The maximum Gasteiger partial charge on any atom is 0.321 e. The minimum Gasteiger partial charge on any atom is -0.495 e. The van der Waals surface area contributed by atoms with E-state index in [1.807, 2.05) is 0 Å². The Bertz CT molecular complexity index is 507. The topological polar surface area (TPSA) is 78.9 Å². The van der Waals surface area contributed by atoms with Gasteiger partial charge < -0.3 is 20.1 Å². The van der Waals surface area contributed by atoms with E-state index in [1.54, 1.807) is 18.2 Å². The summed E-state index contributed by atoms with van der Waals surface area (Å²) in [4.78, 5) is 24.0. The molecule has 1 rings (SSSR count). The number of nitrogens with zero attached hydrogens (tertiary/aromatic N) is 1. The van der Waals surface area contributed by atoms with Crippen molar-refractivity contribution in [1.29, 1.82) is 0 Å². The predicted octanol–water partition coefficient (Wildman–Crippen LogP) is 2.53. The van der Waals surface area contributed by atoms with Gasteiger partial charge in [0.05, 0.1) is 18.1 Å². The molecule has 2 amide bonds. The number of methoxy groups -OCH3 is 1. The molecule has 0 spiro atoms. The summed E-state index contributed by atoms with van der Waals surface area (Å²) < 4.78 is 5.05. The van der Waals surface area contributed by atoms with Gasteiger partial charge in [-0.25, -0.2) is 4.79 Å². The molecule has 0 radical (unpaired) electrons. The first-order valence-electron chi connectivity index (χ1n) is 5.93. The Morgan fingerprint density at radius 2 is 2.15 bits per heavy atom. The number of hydrogen-bond donors (Lipinski definition) is 2. The molecule has 0 saturated heterocycles. The van der Waals surface area contributed by atoms with Gasteiger partial charge >= 0.3 is 12.0 Å². The molecule has 7 heteroatoms. The lowest BCUT2D eigenvalue weighted by Crippen LogP contribution is -2.36. The van der Waals surface area contributed by atoms with E-state index >= 15 is 0 Å². The molecule has 1 atom stereocenters. The molecule has 1 unspecified atom stereocenters. The van der Waals surface area contributed by atoms with Crippen LogP contribution in [-0.4, -0.2) is 42.7 Å². The highest BCUT2D eigenvalue weighted by Crippen LogP contribution is 2.27. The zero-order chi connectivity index (χ0) is 15.3. The molecule has 0 aromatic heterocycles. The number of urea groups is 1. The van der Waals surface area contributed by atoms with Crippen molar-refractivity contribution in [2.24, 2.45) is 5.92 Å². The van der Waals surface area contributed by atoms with E-state index in [2.05, 4.69) is 5.32 Å². The van der Waals surface area contributed by atoms with Gasteiger partial charge in [-0.1, -0.05) is 18.5 Å². The summed E-state index contributed by atoms with van der Waals surface area (Å²) in [5.74, 6) is -1.13. The van der Waals surface area contributed by atoms with Crippen LogP contribution in [0.5, 0.6) is 5.75 Å². The van der Waals surface area contributed by atoms with E-state index in [0.29, 0.717) is 16.5 Å². The second-order valence-corrected chi connectivity index (χ2v) is 4.81. The van der Waals surface area contributed by atoms with Crippen molar-refractivity contribution in [1.82, 2.24) is 4.90 Å². The van der Waals surface area contributed by atoms with E-state index in [1.165, 1.54) is 26.0 Å². The maximum absolute atomic E-state index is 11.9. The number of carboxylic acid groups (broad SMARTS) is 1. The lowest BCUT2D eigenvalue weighted by atomic mass is 10.2. The van der Waals surface area contributed by atoms with Crippen molar-refractivity contribution in [3.63, 3.8) is 0 Å². The van der Waals surface area contributed by atoms with Crippen LogP contribution in [0.4, 0.5) is 10.5 Å². The molecule has 6 nitrogen and oxygen atoms in total. The minimum absolute atomic E-state index is 0.117. The SMILES string of the molecule is COc1cc(NC(=O)N(C)CC(C)C(=O)O)ccc1Cl. The van der Waals surface area contributed by atoms with Crippen LogP contribution in [0.1, 0.15) is 6.92 Å².